The van der Waals surface area contributed by atoms with Gasteiger partial charge in [-0.1, -0.05) is 27.2 Å². The van der Waals surface area contributed by atoms with Crippen molar-refractivity contribution in [2.24, 2.45) is 11.7 Å². The molecular formula is C10H23NS. The van der Waals surface area contributed by atoms with Crippen molar-refractivity contribution in [3.63, 3.8) is 0 Å². The Kier molecular flexibility index (Phi) is 8.14. The zero-order valence-corrected chi connectivity index (χ0v) is 9.49. The standard InChI is InChI=1S/C10H23NS/c1-9(2)10(3)12-8-6-4-5-7-11/h9-10H,4-8,11H2,1-3H3. The fraction of sp³-hybridized carbons (Fsp3) is 1.00. The molecule has 0 rings (SSSR count). The maximum absolute atomic E-state index is 5.41. The molecule has 2 heteroatoms. The minimum absolute atomic E-state index is 0.808. The van der Waals surface area contributed by atoms with E-state index in [1.807, 2.05) is 0 Å². The van der Waals surface area contributed by atoms with Crippen LogP contribution in [0.25, 0.3) is 0 Å². The second-order valence-corrected chi connectivity index (χ2v) is 5.15. The zero-order chi connectivity index (χ0) is 9.40. The minimum atomic E-state index is 0.808. The molecule has 0 fully saturated rings. The first-order valence-corrected chi connectivity index (χ1v) is 6.05. The number of nitrogens with two attached hydrogens (primary N) is 1. The van der Waals surface area contributed by atoms with Gasteiger partial charge in [0.25, 0.3) is 0 Å². The number of hydrogen-bond acceptors (Lipinski definition) is 2. The molecule has 0 aliphatic rings. The van der Waals surface area contributed by atoms with Crippen LogP contribution in [-0.2, 0) is 0 Å². The molecule has 1 atom stereocenters. The molecule has 1 unspecified atom stereocenters. The first-order valence-electron chi connectivity index (χ1n) is 5.00. The fourth-order valence-corrected chi connectivity index (χ4v) is 2.01. The Bertz CT molecular complexity index is 93.8. The fourth-order valence-electron chi connectivity index (χ4n) is 0.885. The van der Waals surface area contributed by atoms with E-state index in [1.165, 1.54) is 25.0 Å². The third-order valence-corrected chi connectivity index (χ3v) is 3.76. The van der Waals surface area contributed by atoms with Crippen molar-refractivity contribution in [2.75, 3.05) is 12.3 Å². The van der Waals surface area contributed by atoms with Crippen LogP contribution in [0.5, 0.6) is 0 Å². The molecule has 0 heterocycles. The first-order chi connectivity index (χ1) is 5.68. The van der Waals surface area contributed by atoms with E-state index in [1.54, 1.807) is 0 Å². The zero-order valence-electron chi connectivity index (χ0n) is 8.68. The molecule has 0 saturated heterocycles. The summed E-state index contributed by atoms with van der Waals surface area (Å²) in [6, 6.07) is 0. The molecule has 0 aromatic heterocycles. The molecule has 0 aliphatic heterocycles. The number of unbranched alkanes of at least 4 members (excludes halogenated alkanes) is 2. The number of rotatable bonds is 7. The molecule has 74 valence electrons. The molecule has 12 heavy (non-hydrogen) atoms. The summed E-state index contributed by atoms with van der Waals surface area (Å²) in [5, 5.41) is 0.808. The smallest absolute Gasteiger partial charge is 0.00417 e. The Morgan fingerprint density at radius 1 is 1.08 bits per heavy atom. The van der Waals surface area contributed by atoms with Gasteiger partial charge in [-0.2, -0.15) is 11.8 Å². The van der Waals surface area contributed by atoms with Gasteiger partial charge in [0, 0.05) is 5.25 Å². The van der Waals surface area contributed by atoms with Crippen molar-refractivity contribution < 1.29 is 0 Å². The summed E-state index contributed by atoms with van der Waals surface area (Å²) >= 11 is 2.09. The summed E-state index contributed by atoms with van der Waals surface area (Å²) in [7, 11) is 0. The number of thioether (sulfide) groups is 1. The molecule has 0 spiro atoms. The minimum Gasteiger partial charge on any atom is -0.330 e. The lowest BCUT2D eigenvalue weighted by atomic mass is 10.2. The van der Waals surface area contributed by atoms with Crippen LogP contribution in [0, 0.1) is 5.92 Å². The lowest BCUT2D eigenvalue weighted by Crippen LogP contribution is -2.06. The van der Waals surface area contributed by atoms with Gasteiger partial charge in [0.2, 0.25) is 0 Å². The van der Waals surface area contributed by atoms with E-state index in [4.69, 9.17) is 5.73 Å². The van der Waals surface area contributed by atoms with Crippen LogP contribution in [0.15, 0.2) is 0 Å². The average molecular weight is 189 g/mol. The van der Waals surface area contributed by atoms with E-state index < -0.39 is 0 Å². The van der Waals surface area contributed by atoms with E-state index in [0.717, 1.165) is 17.7 Å². The topological polar surface area (TPSA) is 26.0 Å². The molecule has 0 amide bonds. The van der Waals surface area contributed by atoms with Crippen LogP contribution >= 0.6 is 11.8 Å². The van der Waals surface area contributed by atoms with Crippen LogP contribution in [0.2, 0.25) is 0 Å². The van der Waals surface area contributed by atoms with Gasteiger partial charge in [-0.05, 0) is 31.1 Å². The Labute approximate surface area is 81.5 Å². The van der Waals surface area contributed by atoms with Gasteiger partial charge in [-0.15, -0.1) is 0 Å². The van der Waals surface area contributed by atoms with Crippen molar-refractivity contribution >= 4 is 11.8 Å². The van der Waals surface area contributed by atoms with Crippen LogP contribution in [-0.4, -0.2) is 17.5 Å². The molecule has 2 N–H and O–H groups in total. The highest BCUT2D eigenvalue weighted by molar-refractivity contribution is 7.99. The third-order valence-electron chi connectivity index (χ3n) is 2.17. The largest absolute Gasteiger partial charge is 0.330 e. The van der Waals surface area contributed by atoms with Gasteiger partial charge in [-0.3, -0.25) is 0 Å². The summed E-state index contributed by atoms with van der Waals surface area (Å²) in [4.78, 5) is 0. The molecule has 0 bridgehead atoms. The molecule has 1 nitrogen and oxygen atoms in total. The van der Waals surface area contributed by atoms with Crippen molar-refractivity contribution in [1.29, 1.82) is 0 Å². The Morgan fingerprint density at radius 3 is 2.25 bits per heavy atom. The summed E-state index contributed by atoms with van der Waals surface area (Å²) in [5.41, 5.74) is 5.41. The lowest BCUT2D eigenvalue weighted by Gasteiger charge is -2.14. The van der Waals surface area contributed by atoms with Crippen LogP contribution < -0.4 is 5.73 Å². The quantitative estimate of drug-likeness (QED) is 0.623. The van der Waals surface area contributed by atoms with Gasteiger partial charge >= 0.3 is 0 Å². The van der Waals surface area contributed by atoms with Crippen molar-refractivity contribution in [3.05, 3.63) is 0 Å². The van der Waals surface area contributed by atoms with Crippen molar-refractivity contribution in [1.82, 2.24) is 0 Å². The summed E-state index contributed by atoms with van der Waals surface area (Å²) in [6.07, 6.45) is 3.82. The normalized spacial score (nSPS) is 13.8. The highest BCUT2D eigenvalue weighted by atomic mass is 32.2. The lowest BCUT2D eigenvalue weighted by molar-refractivity contribution is 0.640. The summed E-state index contributed by atoms with van der Waals surface area (Å²) in [5.74, 6) is 2.11. The number of hydrogen-bond donors (Lipinski definition) is 1. The van der Waals surface area contributed by atoms with E-state index in [2.05, 4.69) is 32.5 Å². The van der Waals surface area contributed by atoms with E-state index in [9.17, 15) is 0 Å². The molecule has 0 aromatic rings. The Hall–Kier alpha value is 0.310. The van der Waals surface area contributed by atoms with Gasteiger partial charge in [-0.25, -0.2) is 0 Å². The van der Waals surface area contributed by atoms with Gasteiger partial charge in [0.05, 0.1) is 0 Å². The maximum Gasteiger partial charge on any atom is 0.00417 e. The SMILES string of the molecule is CC(C)C(C)SCCCCCN. The summed E-state index contributed by atoms with van der Waals surface area (Å²) < 4.78 is 0. The average Bonchev–Trinajstić information content (AvgIpc) is 2.03. The monoisotopic (exact) mass is 189 g/mol. The third kappa shape index (κ3) is 6.99. The van der Waals surface area contributed by atoms with Gasteiger partial charge in [0.15, 0.2) is 0 Å². The van der Waals surface area contributed by atoms with Crippen LogP contribution in [0.3, 0.4) is 0 Å². The predicted molar refractivity (Wildman–Crippen MR) is 59.7 cm³/mol. The predicted octanol–water partition coefficient (Wildman–Crippen LogP) is 2.89. The summed E-state index contributed by atoms with van der Waals surface area (Å²) in [6.45, 7) is 7.75. The molecular weight excluding hydrogens is 166 g/mol. The second kappa shape index (κ2) is 7.93. The van der Waals surface area contributed by atoms with E-state index in [-0.39, 0.29) is 0 Å². The molecule has 0 aromatic carbocycles. The Balaban J connectivity index is 3.08. The maximum atomic E-state index is 5.41. The Morgan fingerprint density at radius 2 is 1.75 bits per heavy atom. The van der Waals surface area contributed by atoms with Gasteiger partial charge in [0.1, 0.15) is 0 Å². The van der Waals surface area contributed by atoms with E-state index in [0.29, 0.717) is 0 Å². The first kappa shape index (κ1) is 12.3. The van der Waals surface area contributed by atoms with Crippen LogP contribution in [0.4, 0.5) is 0 Å². The highest BCUT2D eigenvalue weighted by Crippen LogP contribution is 2.19. The second-order valence-electron chi connectivity index (χ2n) is 3.67. The molecule has 0 aliphatic carbocycles. The molecule has 0 saturated carbocycles. The van der Waals surface area contributed by atoms with Gasteiger partial charge < -0.3 is 5.73 Å². The van der Waals surface area contributed by atoms with Crippen molar-refractivity contribution in [3.8, 4) is 0 Å². The highest BCUT2D eigenvalue weighted by Gasteiger charge is 2.05. The van der Waals surface area contributed by atoms with Crippen molar-refractivity contribution in [2.45, 2.75) is 45.3 Å². The molecule has 0 radical (unpaired) electrons. The van der Waals surface area contributed by atoms with Crippen LogP contribution in [0.1, 0.15) is 40.0 Å². The van der Waals surface area contributed by atoms with E-state index >= 15 is 0 Å².